The average molecular weight is 169 g/mol. The largest absolute Gasteiger partial charge is 0.481 e. The molecule has 0 spiro atoms. The zero-order valence-electron chi connectivity index (χ0n) is 7.20. The summed E-state index contributed by atoms with van der Waals surface area (Å²) in [5, 5.41) is 8.78. The van der Waals surface area contributed by atoms with Crippen LogP contribution in [0.1, 0.15) is 25.7 Å². The first kappa shape index (κ1) is 8.05. The number of carboxylic acids is 1. The fourth-order valence-corrected chi connectivity index (χ4v) is 2.07. The summed E-state index contributed by atoms with van der Waals surface area (Å²) in [5.41, 5.74) is 0. The molecule has 0 amide bonds. The van der Waals surface area contributed by atoms with E-state index >= 15 is 0 Å². The molecule has 1 saturated carbocycles. The van der Waals surface area contributed by atoms with Crippen LogP contribution in [0.25, 0.3) is 0 Å². The highest BCUT2D eigenvalue weighted by Gasteiger charge is 2.34. The number of rotatable bonds is 2. The minimum Gasteiger partial charge on any atom is -0.481 e. The van der Waals surface area contributed by atoms with Gasteiger partial charge in [-0.05, 0) is 25.8 Å². The van der Waals surface area contributed by atoms with Gasteiger partial charge in [0.1, 0.15) is 0 Å². The minimum absolute atomic E-state index is 0.0920. The van der Waals surface area contributed by atoms with Crippen molar-refractivity contribution in [2.45, 2.75) is 31.7 Å². The van der Waals surface area contributed by atoms with E-state index in [0.29, 0.717) is 6.04 Å². The highest BCUT2D eigenvalue weighted by molar-refractivity contribution is 5.70. The SMILES string of the molecule is O=C(O)[C@@H]1CCN(C2CCC2)C1. The molecule has 0 aromatic heterocycles. The molecule has 2 fully saturated rings. The van der Waals surface area contributed by atoms with E-state index in [1.54, 1.807) is 0 Å². The van der Waals surface area contributed by atoms with Crippen LogP contribution in [0.4, 0.5) is 0 Å². The van der Waals surface area contributed by atoms with Crippen LogP contribution in [0.5, 0.6) is 0 Å². The second-order valence-electron chi connectivity index (χ2n) is 3.90. The summed E-state index contributed by atoms with van der Waals surface area (Å²) in [6, 6.07) is 0.717. The maximum atomic E-state index is 10.6. The van der Waals surface area contributed by atoms with Crippen molar-refractivity contribution in [2.75, 3.05) is 13.1 Å². The topological polar surface area (TPSA) is 40.5 Å². The first-order valence-electron chi connectivity index (χ1n) is 4.74. The van der Waals surface area contributed by atoms with Gasteiger partial charge in [-0.2, -0.15) is 0 Å². The van der Waals surface area contributed by atoms with Gasteiger partial charge < -0.3 is 5.11 Å². The van der Waals surface area contributed by atoms with Crippen LogP contribution in [0, 0.1) is 5.92 Å². The van der Waals surface area contributed by atoms with Gasteiger partial charge in [-0.15, -0.1) is 0 Å². The molecule has 2 rings (SSSR count). The number of likely N-dealkylation sites (tertiary alicyclic amines) is 1. The van der Waals surface area contributed by atoms with Crippen molar-refractivity contribution < 1.29 is 9.90 Å². The molecular weight excluding hydrogens is 154 g/mol. The Kier molecular flexibility index (Phi) is 2.05. The van der Waals surface area contributed by atoms with E-state index in [2.05, 4.69) is 4.90 Å². The molecule has 0 unspecified atom stereocenters. The van der Waals surface area contributed by atoms with E-state index in [0.717, 1.165) is 19.5 Å². The summed E-state index contributed by atoms with van der Waals surface area (Å²) < 4.78 is 0. The molecule has 0 aromatic carbocycles. The molecule has 3 nitrogen and oxygen atoms in total. The lowest BCUT2D eigenvalue weighted by atomic mass is 9.92. The summed E-state index contributed by atoms with van der Waals surface area (Å²) in [4.78, 5) is 13.0. The summed E-state index contributed by atoms with van der Waals surface area (Å²) in [6.07, 6.45) is 4.75. The second kappa shape index (κ2) is 3.05. The number of hydrogen-bond donors (Lipinski definition) is 1. The van der Waals surface area contributed by atoms with Crippen molar-refractivity contribution in [2.24, 2.45) is 5.92 Å². The molecule has 68 valence electrons. The Balaban J connectivity index is 1.84. The third-order valence-electron chi connectivity index (χ3n) is 3.16. The molecule has 1 heterocycles. The molecule has 3 heteroatoms. The van der Waals surface area contributed by atoms with Gasteiger partial charge >= 0.3 is 5.97 Å². The fourth-order valence-electron chi connectivity index (χ4n) is 2.07. The fraction of sp³-hybridized carbons (Fsp3) is 0.889. The van der Waals surface area contributed by atoms with Crippen LogP contribution in [0.2, 0.25) is 0 Å². The van der Waals surface area contributed by atoms with Gasteiger partial charge in [-0.3, -0.25) is 9.69 Å². The summed E-state index contributed by atoms with van der Waals surface area (Å²) in [6.45, 7) is 1.79. The Morgan fingerprint density at radius 2 is 2.08 bits per heavy atom. The van der Waals surface area contributed by atoms with Gasteiger partial charge in [0.05, 0.1) is 5.92 Å². The number of nitrogens with zero attached hydrogens (tertiary/aromatic N) is 1. The van der Waals surface area contributed by atoms with Crippen LogP contribution in [-0.4, -0.2) is 35.1 Å². The van der Waals surface area contributed by atoms with Crippen LogP contribution in [-0.2, 0) is 4.79 Å². The Labute approximate surface area is 72.4 Å². The Bertz CT molecular complexity index is 189. The van der Waals surface area contributed by atoms with E-state index in [1.165, 1.54) is 19.3 Å². The zero-order chi connectivity index (χ0) is 8.55. The monoisotopic (exact) mass is 169 g/mol. The Hall–Kier alpha value is -0.570. The van der Waals surface area contributed by atoms with Gasteiger partial charge in [-0.1, -0.05) is 6.42 Å². The second-order valence-corrected chi connectivity index (χ2v) is 3.90. The van der Waals surface area contributed by atoms with E-state index in [1.807, 2.05) is 0 Å². The zero-order valence-corrected chi connectivity index (χ0v) is 7.20. The lowest BCUT2D eigenvalue weighted by Gasteiger charge is -2.34. The third kappa shape index (κ3) is 1.33. The van der Waals surface area contributed by atoms with Gasteiger partial charge in [0.25, 0.3) is 0 Å². The Morgan fingerprint density at radius 1 is 1.33 bits per heavy atom. The molecule has 1 aliphatic heterocycles. The molecule has 2 aliphatic rings. The van der Waals surface area contributed by atoms with Gasteiger partial charge in [0.15, 0.2) is 0 Å². The van der Waals surface area contributed by atoms with Gasteiger partial charge in [0.2, 0.25) is 0 Å². The number of carbonyl (C=O) groups is 1. The number of carboxylic acid groups (broad SMARTS) is 1. The van der Waals surface area contributed by atoms with Crippen molar-refractivity contribution in [3.8, 4) is 0 Å². The smallest absolute Gasteiger partial charge is 0.307 e. The first-order valence-corrected chi connectivity index (χ1v) is 4.74. The van der Waals surface area contributed by atoms with Crippen molar-refractivity contribution >= 4 is 5.97 Å². The quantitative estimate of drug-likeness (QED) is 0.669. The van der Waals surface area contributed by atoms with E-state index in [-0.39, 0.29) is 5.92 Å². The maximum absolute atomic E-state index is 10.6. The van der Waals surface area contributed by atoms with Gasteiger partial charge in [0, 0.05) is 12.6 Å². The van der Waals surface area contributed by atoms with Crippen molar-refractivity contribution in [1.82, 2.24) is 4.90 Å². The molecule has 1 N–H and O–H groups in total. The normalized spacial score (nSPS) is 31.8. The minimum atomic E-state index is -0.614. The predicted molar refractivity (Wildman–Crippen MR) is 45.0 cm³/mol. The highest BCUT2D eigenvalue weighted by Crippen LogP contribution is 2.29. The van der Waals surface area contributed by atoms with E-state index in [4.69, 9.17) is 5.11 Å². The van der Waals surface area contributed by atoms with Crippen molar-refractivity contribution in [3.63, 3.8) is 0 Å². The molecule has 0 aromatic rings. The van der Waals surface area contributed by atoms with E-state index < -0.39 is 5.97 Å². The summed E-state index contributed by atoms with van der Waals surface area (Å²) in [5.74, 6) is -0.706. The first-order chi connectivity index (χ1) is 5.77. The maximum Gasteiger partial charge on any atom is 0.307 e. The van der Waals surface area contributed by atoms with Crippen molar-refractivity contribution in [3.05, 3.63) is 0 Å². The lowest BCUT2D eigenvalue weighted by molar-refractivity contribution is -0.141. The molecule has 0 radical (unpaired) electrons. The standard InChI is InChI=1S/C9H15NO2/c11-9(12)7-4-5-10(6-7)8-2-1-3-8/h7-8H,1-6H2,(H,11,12)/t7-/m1/s1. The molecule has 0 bridgehead atoms. The Morgan fingerprint density at radius 3 is 2.50 bits per heavy atom. The van der Waals surface area contributed by atoms with Crippen LogP contribution in [0.3, 0.4) is 0 Å². The molecule has 12 heavy (non-hydrogen) atoms. The third-order valence-corrected chi connectivity index (χ3v) is 3.16. The van der Waals surface area contributed by atoms with Crippen LogP contribution >= 0.6 is 0 Å². The number of aliphatic carboxylic acids is 1. The highest BCUT2D eigenvalue weighted by atomic mass is 16.4. The van der Waals surface area contributed by atoms with Gasteiger partial charge in [-0.25, -0.2) is 0 Å². The summed E-state index contributed by atoms with van der Waals surface area (Å²) >= 11 is 0. The summed E-state index contributed by atoms with van der Waals surface area (Å²) in [7, 11) is 0. The lowest BCUT2D eigenvalue weighted by Crippen LogP contribution is -2.38. The van der Waals surface area contributed by atoms with Crippen LogP contribution in [0.15, 0.2) is 0 Å². The molecule has 1 aliphatic carbocycles. The van der Waals surface area contributed by atoms with Crippen molar-refractivity contribution in [1.29, 1.82) is 0 Å². The number of hydrogen-bond acceptors (Lipinski definition) is 2. The molecule has 1 atom stereocenters. The van der Waals surface area contributed by atoms with E-state index in [9.17, 15) is 4.79 Å². The predicted octanol–water partition coefficient (Wildman–Crippen LogP) is 0.945. The molecular formula is C9H15NO2. The average Bonchev–Trinajstić information content (AvgIpc) is 2.32. The molecule has 1 saturated heterocycles. The van der Waals surface area contributed by atoms with Crippen LogP contribution < -0.4 is 0 Å².